The lowest BCUT2D eigenvalue weighted by Crippen LogP contribution is -2.41. The van der Waals surface area contributed by atoms with E-state index < -0.39 is 50.9 Å². The van der Waals surface area contributed by atoms with E-state index in [1.54, 1.807) is 172 Å². The quantitative estimate of drug-likeness (QED) is 0.122. The first-order valence-corrected chi connectivity index (χ1v) is 26.4. The number of fused-ring (bicyclic) bond motifs is 7. The predicted molar refractivity (Wildman–Crippen MR) is 306 cm³/mol. The van der Waals surface area contributed by atoms with Gasteiger partial charge >= 0.3 is 0 Å². The molecule has 14 rings (SSSR count). The summed E-state index contributed by atoms with van der Waals surface area (Å²) in [7, 11) is 6.17. The van der Waals surface area contributed by atoms with Gasteiger partial charge in [-0.2, -0.15) is 0 Å². The van der Waals surface area contributed by atoms with Gasteiger partial charge in [-0.25, -0.2) is 0 Å². The first-order chi connectivity index (χ1) is 39.5. The monoisotopic (exact) mass is 1060 g/mol. The minimum Gasteiger partial charge on any atom is -0.497 e. The van der Waals surface area contributed by atoms with Crippen LogP contribution in [0.15, 0.2) is 206 Å². The van der Waals surface area contributed by atoms with Gasteiger partial charge in [0.05, 0.1) is 28.4 Å². The van der Waals surface area contributed by atoms with Gasteiger partial charge in [-0.1, -0.05) is 158 Å². The summed E-state index contributed by atoms with van der Waals surface area (Å²) in [5.74, 6) is -1.18. The van der Waals surface area contributed by atoms with E-state index >= 15 is 28.8 Å². The predicted octanol–water partition coefficient (Wildman–Crippen LogP) is 13.2. The molecule has 0 amide bonds. The maximum absolute atomic E-state index is 16.7. The van der Waals surface area contributed by atoms with Crippen LogP contribution >= 0.6 is 0 Å². The van der Waals surface area contributed by atoms with Crippen molar-refractivity contribution in [3.05, 3.63) is 273 Å². The average Bonchev–Trinajstić information content (AvgIpc) is 1.98. The standard InChI is InChI=1S/C71H46O10/c1-78-41-21-17-39-19-35-57(45(39)29-23-41)69(63(72)51-11-5-6-12-52(51)64(69)73)59-37-61(49-33-27-43(80-3)25-31-47(49)59)71(67(76)55-15-9-10-16-56(55)68(71)77)62-38-60(48-32-26-44(81-4)28-34-50(48)62)70(65(74)53-13-7-8-14-54(53)66(70)75)58-36-20-40-18-22-42(79-2)24-30-46(40)58/h5-38H,1-4H3. The van der Waals surface area contributed by atoms with E-state index in [0.717, 1.165) is 11.1 Å². The third kappa shape index (κ3) is 6.32. The molecule has 11 aliphatic carbocycles. The van der Waals surface area contributed by atoms with Crippen LogP contribution in [0.4, 0.5) is 0 Å². The van der Waals surface area contributed by atoms with Gasteiger partial charge in [0.2, 0.25) is 0 Å². The van der Waals surface area contributed by atoms with E-state index in [9.17, 15) is 0 Å². The third-order valence-corrected chi connectivity index (χ3v) is 17.4. The Morgan fingerprint density at radius 3 is 0.679 bits per heavy atom. The number of Topliss-reactive ketones (excluding diaryl/α,β-unsaturated/α-hetero) is 6. The van der Waals surface area contributed by atoms with Crippen LogP contribution in [0, 0.1) is 0 Å². The first-order valence-electron chi connectivity index (χ1n) is 26.4. The maximum Gasteiger partial charge on any atom is 0.186 e. The molecule has 0 N–H and O–H groups in total. The third-order valence-electron chi connectivity index (χ3n) is 17.4. The lowest BCUT2D eigenvalue weighted by Gasteiger charge is -2.29. The summed E-state index contributed by atoms with van der Waals surface area (Å²) in [5, 5.41) is 0. The molecular formula is C71H46O10. The van der Waals surface area contributed by atoms with Crippen molar-refractivity contribution in [1.29, 1.82) is 0 Å². The molecule has 0 atom stereocenters. The molecule has 0 fully saturated rings. The Balaban J connectivity index is 1.14. The summed E-state index contributed by atoms with van der Waals surface area (Å²) in [6.45, 7) is 0. The Hall–Kier alpha value is -10.3. The van der Waals surface area contributed by atoms with Crippen molar-refractivity contribution >= 4 is 34.7 Å². The average molecular weight is 1060 g/mol. The van der Waals surface area contributed by atoms with Gasteiger partial charge in [0.15, 0.2) is 34.7 Å². The number of ether oxygens (including phenoxy) is 4. The Labute approximate surface area is 465 Å². The van der Waals surface area contributed by atoms with Crippen molar-refractivity contribution in [2.45, 2.75) is 16.2 Å². The molecule has 0 aromatic heterocycles. The fourth-order valence-corrected chi connectivity index (χ4v) is 13.6. The molecular weight excluding hydrogens is 1010 g/mol. The fraction of sp³-hybridized carbons (Fsp3) is 0.0986. The molecule has 11 aliphatic rings. The number of hydrogen-bond donors (Lipinski definition) is 0. The highest BCUT2D eigenvalue weighted by Crippen LogP contribution is 2.61. The molecule has 0 saturated heterocycles. The zero-order chi connectivity index (χ0) is 55.7. The number of carbonyl (C=O) groups excluding carboxylic acids is 6. The Bertz CT molecular complexity index is 4090. The molecule has 0 unspecified atom stereocenters. The van der Waals surface area contributed by atoms with Crippen molar-refractivity contribution in [3.63, 3.8) is 0 Å². The molecule has 10 heteroatoms. The second-order valence-electron chi connectivity index (χ2n) is 20.8. The van der Waals surface area contributed by atoms with E-state index in [1.807, 2.05) is 48.5 Å². The lowest BCUT2D eigenvalue weighted by atomic mass is 9.68. The molecule has 0 radical (unpaired) electrons. The van der Waals surface area contributed by atoms with Crippen molar-refractivity contribution in [2.75, 3.05) is 28.4 Å². The largest absolute Gasteiger partial charge is 0.497 e. The molecule has 0 spiro atoms. The van der Waals surface area contributed by atoms with Crippen LogP contribution in [0.5, 0.6) is 23.0 Å². The van der Waals surface area contributed by atoms with Crippen LogP contribution < -0.4 is 18.9 Å². The highest BCUT2D eigenvalue weighted by Gasteiger charge is 2.64. The van der Waals surface area contributed by atoms with E-state index in [-0.39, 0.29) is 55.6 Å². The second kappa shape index (κ2) is 17.9. The number of carbonyl (C=O) groups is 6. The van der Waals surface area contributed by atoms with E-state index in [0.29, 0.717) is 67.5 Å². The van der Waals surface area contributed by atoms with E-state index in [1.165, 1.54) is 14.2 Å². The Kier molecular flexibility index (Phi) is 10.8. The molecule has 10 nitrogen and oxygen atoms in total. The highest BCUT2D eigenvalue weighted by atomic mass is 16.5. The zero-order valence-corrected chi connectivity index (χ0v) is 44.2. The summed E-state index contributed by atoms with van der Waals surface area (Å²) in [5.41, 5.74) is 0.495. The fourth-order valence-electron chi connectivity index (χ4n) is 13.6. The SMILES string of the molecule is COc1ccc2ccc(C3(c4cc(C5(c6cc(C7(c8ccc9ccc(OC)ccc8-9)C(=O)c8ccccc8C7=O)c7ccc(OC)ccc6-7)C(=O)c6ccccc6C5=O)c5ccc(OC)ccc4-5)C(=O)c4ccccc4C3=O)c-2cc1. The molecule has 81 heavy (non-hydrogen) atoms. The van der Waals surface area contributed by atoms with Gasteiger partial charge in [-0.3, -0.25) is 28.8 Å². The normalized spacial score (nSPS) is 15.6. The number of ketones is 6. The Morgan fingerprint density at radius 2 is 0.432 bits per heavy atom. The van der Waals surface area contributed by atoms with Gasteiger partial charge in [-0.15, -0.1) is 0 Å². The smallest absolute Gasteiger partial charge is 0.186 e. The molecule has 0 saturated carbocycles. The molecule has 3 aromatic carbocycles. The van der Waals surface area contributed by atoms with Crippen LogP contribution in [0.2, 0.25) is 0 Å². The number of benzene rings is 3. The summed E-state index contributed by atoms with van der Waals surface area (Å²) in [6, 6.07) is 59.5. The van der Waals surface area contributed by atoms with Crippen molar-refractivity contribution in [3.8, 4) is 67.5 Å². The number of hydrogen-bond acceptors (Lipinski definition) is 10. The molecule has 3 aromatic rings. The summed E-state index contributed by atoms with van der Waals surface area (Å²) in [6.07, 6.45) is 0. The number of rotatable bonds is 10. The van der Waals surface area contributed by atoms with Crippen LogP contribution in [0.1, 0.15) is 95.5 Å². The highest BCUT2D eigenvalue weighted by molar-refractivity contribution is 6.40. The molecule has 390 valence electrons. The first kappa shape index (κ1) is 49.0. The van der Waals surface area contributed by atoms with Gasteiger partial charge < -0.3 is 18.9 Å². The zero-order valence-electron chi connectivity index (χ0n) is 44.2. The van der Waals surface area contributed by atoms with Gasteiger partial charge in [0.1, 0.15) is 39.2 Å². The lowest BCUT2D eigenvalue weighted by molar-refractivity contribution is 0.0815. The minimum absolute atomic E-state index is 0.141. The van der Waals surface area contributed by atoms with Gasteiger partial charge in [0.25, 0.3) is 0 Å². The minimum atomic E-state index is -2.32. The molecule has 0 bridgehead atoms. The number of methoxy groups -OCH3 is 4. The van der Waals surface area contributed by atoms with Crippen molar-refractivity contribution in [1.82, 2.24) is 0 Å². The van der Waals surface area contributed by atoms with Gasteiger partial charge in [-0.05, 0) is 126 Å². The summed E-state index contributed by atoms with van der Waals surface area (Å²) >= 11 is 0. The summed E-state index contributed by atoms with van der Waals surface area (Å²) < 4.78 is 23.0. The van der Waals surface area contributed by atoms with E-state index in [2.05, 4.69) is 0 Å². The molecule has 0 heterocycles. The maximum atomic E-state index is 16.7. The molecule has 0 aliphatic heterocycles. The summed E-state index contributed by atoms with van der Waals surface area (Å²) in [4.78, 5) is 97.7. The Morgan fingerprint density at radius 1 is 0.222 bits per heavy atom. The van der Waals surface area contributed by atoms with Crippen molar-refractivity contribution < 1.29 is 47.7 Å². The van der Waals surface area contributed by atoms with Gasteiger partial charge in [0, 0.05) is 33.4 Å². The van der Waals surface area contributed by atoms with Crippen LogP contribution in [-0.4, -0.2) is 63.1 Å². The second-order valence-corrected chi connectivity index (χ2v) is 20.8. The van der Waals surface area contributed by atoms with Crippen LogP contribution in [-0.2, 0) is 16.2 Å². The van der Waals surface area contributed by atoms with E-state index in [4.69, 9.17) is 18.9 Å². The van der Waals surface area contributed by atoms with Crippen molar-refractivity contribution in [2.24, 2.45) is 0 Å². The topological polar surface area (TPSA) is 139 Å². The van der Waals surface area contributed by atoms with Crippen LogP contribution in [0.25, 0.3) is 44.5 Å². The van der Waals surface area contributed by atoms with Crippen LogP contribution in [0.3, 0.4) is 0 Å².